The SMILES string of the molecule is NCCCc1nc(CC(=O)Nc2ccncn2)cs1. The van der Waals surface area contributed by atoms with Gasteiger partial charge in [0.15, 0.2) is 0 Å². The highest BCUT2D eigenvalue weighted by molar-refractivity contribution is 7.09. The fourth-order valence-electron chi connectivity index (χ4n) is 1.51. The molecular weight excluding hydrogens is 262 g/mol. The molecule has 6 nitrogen and oxygen atoms in total. The maximum absolute atomic E-state index is 11.8. The third kappa shape index (κ3) is 4.38. The van der Waals surface area contributed by atoms with Crippen LogP contribution < -0.4 is 11.1 Å². The molecule has 0 bridgehead atoms. The van der Waals surface area contributed by atoms with E-state index in [1.54, 1.807) is 23.6 Å². The average molecular weight is 277 g/mol. The second kappa shape index (κ2) is 6.91. The Hall–Kier alpha value is -1.86. The molecule has 2 heterocycles. The minimum absolute atomic E-state index is 0.130. The highest BCUT2D eigenvalue weighted by atomic mass is 32.1. The Bertz CT molecular complexity index is 528. The molecule has 100 valence electrons. The van der Waals surface area contributed by atoms with Gasteiger partial charge in [-0.15, -0.1) is 11.3 Å². The molecule has 3 N–H and O–H groups in total. The first kappa shape index (κ1) is 13.6. The van der Waals surface area contributed by atoms with Crippen molar-refractivity contribution >= 4 is 23.1 Å². The van der Waals surface area contributed by atoms with Gasteiger partial charge in [0, 0.05) is 18.0 Å². The number of aromatic nitrogens is 3. The number of nitrogens with zero attached hydrogens (tertiary/aromatic N) is 3. The van der Waals surface area contributed by atoms with Crippen LogP contribution in [0.25, 0.3) is 0 Å². The fraction of sp³-hybridized carbons (Fsp3) is 0.333. The maximum Gasteiger partial charge on any atom is 0.231 e. The molecule has 0 aliphatic heterocycles. The van der Waals surface area contributed by atoms with Crippen LogP contribution in [-0.2, 0) is 17.6 Å². The van der Waals surface area contributed by atoms with Crippen molar-refractivity contribution in [1.29, 1.82) is 0 Å². The third-order valence-electron chi connectivity index (χ3n) is 2.39. The molecular formula is C12H15N5OS. The fourth-order valence-corrected chi connectivity index (χ4v) is 2.35. The van der Waals surface area contributed by atoms with Crippen LogP contribution >= 0.6 is 11.3 Å². The van der Waals surface area contributed by atoms with E-state index in [0.717, 1.165) is 23.5 Å². The van der Waals surface area contributed by atoms with E-state index in [0.29, 0.717) is 12.4 Å². The van der Waals surface area contributed by atoms with E-state index >= 15 is 0 Å². The van der Waals surface area contributed by atoms with Gasteiger partial charge in [0.2, 0.25) is 5.91 Å². The lowest BCUT2D eigenvalue weighted by Crippen LogP contribution is -2.15. The summed E-state index contributed by atoms with van der Waals surface area (Å²) >= 11 is 1.57. The molecule has 0 radical (unpaired) electrons. The molecule has 2 aromatic heterocycles. The standard InChI is InChI=1S/C12H15N5OS/c13-4-1-2-12-16-9(7-19-12)6-11(18)17-10-3-5-14-8-15-10/h3,5,7-8H,1-2,4,6,13H2,(H,14,15,17,18). The molecule has 0 saturated carbocycles. The van der Waals surface area contributed by atoms with Crippen LogP contribution in [-0.4, -0.2) is 27.4 Å². The molecule has 7 heteroatoms. The number of thiazole rings is 1. The van der Waals surface area contributed by atoms with Crippen LogP contribution in [0.15, 0.2) is 24.0 Å². The molecule has 0 atom stereocenters. The van der Waals surface area contributed by atoms with Crippen LogP contribution in [0.4, 0.5) is 5.82 Å². The van der Waals surface area contributed by atoms with Crippen LogP contribution in [0.5, 0.6) is 0 Å². The van der Waals surface area contributed by atoms with Gasteiger partial charge in [0.1, 0.15) is 12.1 Å². The molecule has 1 amide bonds. The van der Waals surface area contributed by atoms with Gasteiger partial charge < -0.3 is 11.1 Å². The van der Waals surface area contributed by atoms with Gasteiger partial charge in [0.05, 0.1) is 17.1 Å². The number of hydrogen-bond acceptors (Lipinski definition) is 6. The topological polar surface area (TPSA) is 93.8 Å². The minimum Gasteiger partial charge on any atom is -0.330 e. The highest BCUT2D eigenvalue weighted by Gasteiger charge is 2.08. The van der Waals surface area contributed by atoms with Crippen LogP contribution in [0, 0.1) is 0 Å². The number of carbonyl (C=O) groups is 1. The Morgan fingerprint density at radius 2 is 2.37 bits per heavy atom. The van der Waals surface area contributed by atoms with E-state index in [4.69, 9.17) is 5.73 Å². The quantitative estimate of drug-likeness (QED) is 0.821. The van der Waals surface area contributed by atoms with Gasteiger partial charge in [0.25, 0.3) is 0 Å². The van der Waals surface area contributed by atoms with Crippen molar-refractivity contribution in [3.8, 4) is 0 Å². The number of amides is 1. The van der Waals surface area contributed by atoms with E-state index in [-0.39, 0.29) is 12.3 Å². The van der Waals surface area contributed by atoms with Gasteiger partial charge in [-0.2, -0.15) is 0 Å². The number of nitrogens with two attached hydrogens (primary N) is 1. The lowest BCUT2D eigenvalue weighted by molar-refractivity contribution is -0.115. The van der Waals surface area contributed by atoms with Gasteiger partial charge >= 0.3 is 0 Å². The molecule has 19 heavy (non-hydrogen) atoms. The molecule has 0 fully saturated rings. The first-order valence-corrected chi connectivity index (χ1v) is 6.85. The minimum atomic E-state index is -0.130. The Morgan fingerprint density at radius 1 is 1.47 bits per heavy atom. The summed E-state index contributed by atoms with van der Waals surface area (Å²) in [7, 11) is 0. The molecule has 0 saturated heterocycles. The van der Waals surface area contributed by atoms with Gasteiger partial charge in [-0.1, -0.05) is 0 Å². The van der Waals surface area contributed by atoms with E-state index in [1.807, 2.05) is 5.38 Å². The Labute approximate surface area is 115 Å². The predicted molar refractivity (Wildman–Crippen MR) is 73.9 cm³/mol. The van der Waals surface area contributed by atoms with Crippen LogP contribution in [0.3, 0.4) is 0 Å². The number of anilines is 1. The second-order valence-corrected chi connectivity index (χ2v) is 4.89. The summed E-state index contributed by atoms with van der Waals surface area (Å²) < 4.78 is 0. The van der Waals surface area contributed by atoms with E-state index in [1.165, 1.54) is 6.33 Å². The molecule has 2 rings (SSSR count). The van der Waals surface area contributed by atoms with E-state index in [2.05, 4.69) is 20.3 Å². The van der Waals surface area contributed by atoms with Crippen molar-refractivity contribution < 1.29 is 4.79 Å². The Balaban J connectivity index is 1.86. The summed E-state index contributed by atoms with van der Waals surface area (Å²) in [4.78, 5) is 23.9. The average Bonchev–Trinajstić information content (AvgIpc) is 2.85. The summed E-state index contributed by atoms with van der Waals surface area (Å²) in [5, 5.41) is 5.63. The zero-order chi connectivity index (χ0) is 13.5. The Kier molecular flexibility index (Phi) is 4.93. The van der Waals surface area contributed by atoms with Crippen molar-refractivity contribution in [3.05, 3.63) is 34.7 Å². The number of aryl methyl sites for hydroxylation is 1. The zero-order valence-electron chi connectivity index (χ0n) is 10.4. The predicted octanol–water partition coefficient (Wildman–Crippen LogP) is 1.01. The smallest absolute Gasteiger partial charge is 0.231 e. The van der Waals surface area contributed by atoms with Crippen molar-refractivity contribution in [2.75, 3.05) is 11.9 Å². The van der Waals surface area contributed by atoms with Crippen LogP contribution in [0.1, 0.15) is 17.1 Å². The molecule has 0 aliphatic rings. The van der Waals surface area contributed by atoms with Gasteiger partial charge in [-0.05, 0) is 19.0 Å². The Morgan fingerprint density at radius 3 is 3.11 bits per heavy atom. The largest absolute Gasteiger partial charge is 0.330 e. The maximum atomic E-state index is 11.8. The van der Waals surface area contributed by atoms with Crippen molar-refractivity contribution in [2.24, 2.45) is 5.73 Å². The van der Waals surface area contributed by atoms with Crippen molar-refractivity contribution in [3.63, 3.8) is 0 Å². The molecule has 0 spiro atoms. The summed E-state index contributed by atoms with van der Waals surface area (Å²) in [6, 6.07) is 1.64. The second-order valence-electron chi connectivity index (χ2n) is 3.94. The zero-order valence-corrected chi connectivity index (χ0v) is 11.2. The monoisotopic (exact) mass is 277 g/mol. The highest BCUT2D eigenvalue weighted by Crippen LogP contribution is 2.12. The number of rotatable bonds is 6. The first-order chi connectivity index (χ1) is 9.28. The van der Waals surface area contributed by atoms with Gasteiger partial charge in [-0.25, -0.2) is 15.0 Å². The first-order valence-electron chi connectivity index (χ1n) is 5.97. The summed E-state index contributed by atoms with van der Waals surface area (Å²) in [5.41, 5.74) is 6.23. The molecule has 0 unspecified atom stereocenters. The van der Waals surface area contributed by atoms with Gasteiger partial charge in [-0.3, -0.25) is 4.79 Å². The van der Waals surface area contributed by atoms with Crippen LogP contribution in [0.2, 0.25) is 0 Å². The van der Waals surface area contributed by atoms with E-state index in [9.17, 15) is 4.79 Å². The normalized spacial score (nSPS) is 10.4. The third-order valence-corrected chi connectivity index (χ3v) is 3.34. The lowest BCUT2D eigenvalue weighted by Gasteiger charge is -2.01. The van der Waals surface area contributed by atoms with Crippen molar-refractivity contribution in [2.45, 2.75) is 19.3 Å². The summed E-state index contributed by atoms with van der Waals surface area (Å²) in [6.45, 7) is 0.656. The summed E-state index contributed by atoms with van der Waals surface area (Å²) in [5.74, 6) is 0.368. The molecule has 0 aromatic carbocycles. The molecule has 2 aromatic rings. The molecule has 0 aliphatic carbocycles. The number of carbonyl (C=O) groups excluding carboxylic acids is 1. The van der Waals surface area contributed by atoms with E-state index < -0.39 is 0 Å². The number of hydrogen-bond donors (Lipinski definition) is 2. The van der Waals surface area contributed by atoms with Crippen molar-refractivity contribution in [1.82, 2.24) is 15.0 Å². The lowest BCUT2D eigenvalue weighted by atomic mass is 10.3. The number of nitrogens with one attached hydrogen (secondary N) is 1. The summed E-state index contributed by atoms with van der Waals surface area (Å²) in [6.07, 6.45) is 5.01.